The summed E-state index contributed by atoms with van der Waals surface area (Å²) >= 11 is 0. The van der Waals surface area contributed by atoms with E-state index >= 15 is 0 Å². The monoisotopic (exact) mass is 313 g/mol. The Bertz CT molecular complexity index is 529. The van der Waals surface area contributed by atoms with E-state index in [0.29, 0.717) is 18.9 Å². The van der Waals surface area contributed by atoms with Gasteiger partial charge in [0.1, 0.15) is 0 Å². The molecule has 4 heteroatoms. The number of amides is 1. The van der Waals surface area contributed by atoms with E-state index in [0.717, 1.165) is 32.4 Å². The van der Waals surface area contributed by atoms with E-state index in [4.69, 9.17) is 5.26 Å². The number of hydrogen-bond acceptors (Lipinski definition) is 3. The second-order valence-corrected chi connectivity index (χ2v) is 6.51. The van der Waals surface area contributed by atoms with E-state index in [-0.39, 0.29) is 11.9 Å². The molecule has 4 nitrogen and oxygen atoms in total. The highest BCUT2D eigenvalue weighted by molar-refractivity contribution is 5.81. The first kappa shape index (κ1) is 17.5. The molecule has 1 unspecified atom stereocenters. The normalized spacial score (nSPS) is 17.4. The number of hydrogen-bond donors (Lipinski definition) is 0. The lowest BCUT2D eigenvalue weighted by Gasteiger charge is -2.36. The molecule has 1 saturated heterocycles. The molecule has 124 valence electrons. The van der Waals surface area contributed by atoms with Gasteiger partial charge in [-0.25, -0.2) is 0 Å². The number of piperidine rings is 1. The van der Waals surface area contributed by atoms with Crippen LogP contribution < -0.4 is 0 Å². The summed E-state index contributed by atoms with van der Waals surface area (Å²) in [7, 11) is 1.79. The zero-order chi connectivity index (χ0) is 16.7. The van der Waals surface area contributed by atoms with Crippen LogP contribution >= 0.6 is 0 Å². The third-order valence-corrected chi connectivity index (χ3v) is 4.86. The van der Waals surface area contributed by atoms with Crippen molar-refractivity contribution < 1.29 is 4.79 Å². The molecule has 0 aliphatic carbocycles. The van der Waals surface area contributed by atoms with E-state index in [2.05, 4.69) is 41.3 Å². The van der Waals surface area contributed by atoms with Gasteiger partial charge in [0.05, 0.1) is 18.5 Å². The van der Waals surface area contributed by atoms with Gasteiger partial charge in [0.25, 0.3) is 0 Å². The van der Waals surface area contributed by atoms with E-state index < -0.39 is 0 Å². The smallest absolute Gasteiger partial charge is 0.239 e. The minimum absolute atomic E-state index is 0.0867. The maximum atomic E-state index is 12.4. The molecule has 0 aromatic heterocycles. The largest absolute Gasteiger partial charge is 0.343 e. The lowest BCUT2D eigenvalue weighted by atomic mass is 9.89. The first-order valence-electron chi connectivity index (χ1n) is 8.51. The standard InChI is InChI=1S/C19H27N3O/c1-16(19(23)21(2)12-6-11-20)22-13-9-18(10-14-22)15-17-7-4-3-5-8-17/h3-5,7-8,16,18H,6,9-10,12-15H2,1-2H3. The van der Waals surface area contributed by atoms with Crippen LogP contribution in [0.3, 0.4) is 0 Å². The van der Waals surface area contributed by atoms with Crippen LogP contribution in [-0.2, 0) is 11.2 Å². The second kappa shape index (κ2) is 8.69. The Morgan fingerprint density at radius 1 is 1.35 bits per heavy atom. The average Bonchev–Trinajstić information content (AvgIpc) is 2.60. The van der Waals surface area contributed by atoms with Crippen LogP contribution in [-0.4, -0.2) is 48.4 Å². The van der Waals surface area contributed by atoms with Gasteiger partial charge in [-0.3, -0.25) is 9.69 Å². The van der Waals surface area contributed by atoms with Crippen LogP contribution in [0.25, 0.3) is 0 Å². The molecule has 0 radical (unpaired) electrons. The van der Waals surface area contributed by atoms with Gasteiger partial charge in [-0.2, -0.15) is 5.26 Å². The van der Waals surface area contributed by atoms with Crippen molar-refractivity contribution in [2.75, 3.05) is 26.7 Å². The van der Waals surface area contributed by atoms with Crippen molar-refractivity contribution in [1.29, 1.82) is 5.26 Å². The number of nitrogens with zero attached hydrogens (tertiary/aromatic N) is 3. The number of benzene rings is 1. The van der Waals surface area contributed by atoms with Gasteiger partial charge < -0.3 is 4.90 Å². The predicted molar refractivity (Wildman–Crippen MR) is 91.8 cm³/mol. The summed E-state index contributed by atoms with van der Waals surface area (Å²) in [6.07, 6.45) is 3.83. The first-order valence-corrected chi connectivity index (χ1v) is 8.51. The Morgan fingerprint density at radius 2 is 2.00 bits per heavy atom. The van der Waals surface area contributed by atoms with Gasteiger partial charge in [0, 0.05) is 13.6 Å². The van der Waals surface area contributed by atoms with Gasteiger partial charge in [0.2, 0.25) is 5.91 Å². The molecule has 1 heterocycles. The van der Waals surface area contributed by atoms with Crippen LogP contribution in [0.4, 0.5) is 0 Å². The van der Waals surface area contributed by atoms with E-state index in [1.54, 1.807) is 11.9 Å². The second-order valence-electron chi connectivity index (χ2n) is 6.51. The summed E-state index contributed by atoms with van der Waals surface area (Å²) in [6.45, 7) is 4.47. The van der Waals surface area contributed by atoms with Crippen molar-refractivity contribution in [2.24, 2.45) is 5.92 Å². The summed E-state index contributed by atoms with van der Waals surface area (Å²) in [5, 5.41) is 8.64. The highest BCUT2D eigenvalue weighted by Gasteiger charge is 2.28. The summed E-state index contributed by atoms with van der Waals surface area (Å²) < 4.78 is 0. The summed E-state index contributed by atoms with van der Waals surface area (Å²) in [4.78, 5) is 16.4. The first-order chi connectivity index (χ1) is 11.1. The minimum atomic E-state index is -0.0867. The number of rotatable bonds is 6. The fourth-order valence-corrected chi connectivity index (χ4v) is 3.29. The molecule has 2 rings (SSSR count). The van der Waals surface area contributed by atoms with E-state index in [1.165, 1.54) is 5.56 Å². The Kier molecular flexibility index (Phi) is 6.61. The Morgan fingerprint density at radius 3 is 2.61 bits per heavy atom. The third kappa shape index (κ3) is 5.07. The fraction of sp³-hybridized carbons (Fsp3) is 0.579. The van der Waals surface area contributed by atoms with Gasteiger partial charge in [-0.1, -0.05) is 30.3 Å². The average molecular weight is 313 g/mol. The van der Waals surface area contributed by atoms with Crippen molar-refractivity contribution >= 4 is 5.91 Å². The third-order valence-electron chi connectivity index (χ3n) is 4.86. The quantitative estimate of drug-likeness (QED) is 0.811. The van der Waals surface area contributed by atoms with Crippen LogP contribution in [0.15, 0.2) is 30.3 Å². The van der Waals surface area contributed by atoms with E-state index in [1.807, 2.05) is 6.92 Å². The van der Waals surface area contributed by atoms with Crippen LogP contribution in [0.1, 0.15) is 31.7 Å². The molecule has 1 aromatic carbocycles. The highest BCUT2D eigenvalue weighted by Crippen LogP contribution is 2.23. The lowest BCUT2D eigenvalue weighted by Crippen LogP contribution is -2.49. The molecule has 1 aliphatic rings. The Balaban J connectivity index is 1.79. The molecule has 0 bridgehead atoms. The number of carbonyl (C=O) groups excluding carboxylic acids is 1. The van der Waals surface area contributed by atoms with Crippen molar-refractivity contribution in [3.8, 4) is 6.07 Å². The van der Waals surface area contributed by atoms with Gasteiger partial charge >= 0.3 is 0 Å². The summed E-state index contributed by atoms with van der Waals surface area (Å²) in [5.74, 6) is 0.842. The Labute approximate surface area is 139 Å². The molecule has 23 heavy (non-hydrogen) atoms. The van der Waals surface area contributed by atoms with Gasteiger partial charge in [0.15, 0.2) is 0 Å². The van der Waals surface area contributed by atoms with Gasteiger partial charge in [-0.05, 0) is 50.8 Å². The summed E-state index contributed by atoms with van der Waals surface area (Å²) in [5.41, 5.74) is 1.41. The van der Waals surface area contributed by atoms with Crippen LogP contribution in [0.5, 0.6) is 0 Å². The number of likely N-dealkylation sites (tertiary alicyclic amines) is 1. The molecular weight excluding hydrogens is 286 g/mol. The number of nitriles is 1. The maximum Gasteiger partial charge on any atom is 0.239 e. The zero-order valence-electron chi connectivity index (χ0n) is 14.2. The van der Waals surface area contributed by atoms with E-state index in [9.17, 15) is 4.79 Å². The van der Waals surface area contributed by atoms with Crippen molar-refractivity contribution in [2.45, 2.75) is 38.6 Å². The molecule has 0 saturated carbocycles. The topological polar surface area (TPSA) is 47.3 Å². The Hall–Kier alpha value is -1.86. The van der Waals surface area contributed by atoms with Crippen molar-refractivity contribution in [3.05, 3.63) is 35.9 Å². The SMILES string of the molecule is CC(C(=O)N(C)CCC#N)N1CCC(Cc2ccccc2)CC1. The fourth-order valence-electron chi connectivity index (χ4n) is 3.29. The summed E-state index contributed by atoms with van der Waals surface area (Å²) in [6, 6.07) is 12.7. The minimum Gasteiger partial charge on any atom is -0.343 e. The highest BCUT2D eigenvalue weighted by atomic mass is 16.2. The van der Waals surface area contributed by atoms with Gasteiger partial charge in [-0.15, -0.1) is 0 Å². The molecular formula is C19H27N3O. The zero-order valence-corrected chi connectivity index (χ0v) is 14.2. The van der Waals surface area contributed by atoms with Crippen molar-refractivity contribution in [1.82, 2.24) is 9.80 Å². The van der Waals surface area contributed by atoms with Crippen LogP contribution in [0.2, 0.25) is 0 Å². The maximum absolute atomic E-state index is 12.4. The molecule has 1 atom stereocenters. The van der Waals surface area contributed by atoms with Crippen LogP contribution in [0, 0.1) is 17.2 Å². The molecule has 1 aromatic rings. The molecule has 1 fully saturated rings. The molecule has 0 N–H and O–H groups in total. The number of likely N-dealkylation sites (N-methyl/N-ethyl adjacent to an activating group) is 1. The van der Waals surface area contributed by atoms with Crippen molar-refractivity contribution in [3.63, 3.8) is 0 Å². The predicted octanol–water partition coefficient (Wildman–Crippen LogP) is 2.70. The molecule has 0 spiro atoms. The lowest BCUT2D eigenvalue weighted by molar-refractivity contribution is -0.135. The molecule has 1 amide bonds. The molecule has 1 aliphatic heterocycles. The number of carbonyl (C=O) groups is 1.